The third-order valence-electron chi connectivity index (χ3n) is 5.75. The average Bonchev–Trinajstić information content (AvgIpc) is 3.23. The zero-order chi connectivity index (χ0) is 22.9. The zero-order valence-corrected chi connectivity index (χ0v) is 19.5. The van der Waals surface area contributed by atoms with Gasteiger partial charge in [0.2, 0.25) is 10.0 Å². The molecule has 0 spiro atoms. The van der Waals surface area contributed by atoms with Crippen LogP contribution in [0.4, 0.5) is 5.69 Å². The number of nitrogens with one attached hydrogen (secondary N) is 2. The maximum atomic E-state index is 13.0. The summed E-state index contributed by atoms with van der Waals surface area (Å²) in [6.45, 7) is 6.36. The minimum absolute atomic E-state index is 0.186. The molecule has 0 amide bonds. The number of ether oxygens (including phenoxy) is 2. The first-order chi connectivity index (χ1) is 15.2. The van der Waals surface area contributed by atoms with Crippen LogP contribution in [-0.2, 0) is 14.8 Å². The summed E-state index contributed by atoms with van der Waals surface area (Å²) in [5.74, 6) is 2.28. The van der Waals surface area contributed by atoms with Crippen LogP contribution < -0.4 is 21.1 Å². The van der Waals surface area contributed by atoms with Crippen LogP contribution in [0.25, 0.3) is 0 Å². The second-order valence-electron chi connectivity index (χ2n) is 8.63. The SMILES string of the molecule is COc1cc(S(=O)(=O)N2CCOCC2)ccc1NC1=CC(N)(CC(C)C)C2=CCN=C2N1. The van der Waals surface area contributed by atoms with Gasteiger partial charge in [0.1, 0.15) is 17.4 Å². The molecule has 4 N–H and O–H groups in total. The molecule has 0 radical (unpaired) electrons. The highest BCUT2D eigenvalue weighted by Gasteiger charge is 2.37. The van der Waals surface area contributed by atoms with E-state index in [1.54, 1.807) is 18.2 Å². The molecule has 174 valence electrons. The Bertz CT molecular complexity index is 1070. The number of nitrogens with zero attached hydrogens (tertiary/aromatic N) is 2. The summed E-state index contributed by atoms with van der Waals surface area (Å²) >= 11 is 0. The smallest absolute Gasteiger partial charge is 0.243 e. The van der Waals surface area contributed by atoms with E-state index >= 15 is 0 Å². The molecule has 4 rings (SSSR count). The van der Waals surface area contributed by atoms with Gasteiger partial charge in [0, 0.05) is 24.7 Å². The van der Waals surface area contributed by atoms with Gasteiger partial charge in [0.05, 0.1) is 43.0 Å². The summed E-state index contributed by atoms with van der Waals surface area (Å²) in [7, 11) is -2.10. The van der Waals surface area contributed by atoms with Gasteiger partial charge >= 0.3 is 0 Å². The maximum Gasteiger partial charge on any atom is 0.243 e. The first-order valence-corrected chi connectivity index (χ1v) is 12.2. The Morgan fingerprint density at radius 2 is 2.09 bits per heavy atom. The Morgan fingerprint density at radius 3 is 2.78 bits per heavy atom. The number of rotatable bonds is 7. The van der Waals surface area contributed by atoms with Crippen molar-refractivity contribution in [2.75, 3.05) is 45.3 Å². The molecule has 1 saturated heterocycles. The standard InChI is InChI=1S/C22H31N5O4S/c1-15(2)13-22(23)14-20(26-21-17(22)6-7-24-21)25-18-5-4-16(12-19(18)30-3)32(28,29)27-8-10-31-11-9-27/h4-6,12,14-15,25H,7-11,13,23H2,1-3H3,(H,24,26). The van der Waals surface area contributed by atoms with Crippen LogP contribution in [0.15, 0.2) is 51.6 Å². The van der Waals surface area contributed by atoms with Crippen LogP contribution in [0.2, 0.25) is 0 Å². The number of benzene rings is 1. The van der Waals surface area contributed by atoms with Crippen LogP contribution >= 0.6 is 0 Å². The number of anilines is 1. The van der Waals surface area contributed by atoms with Crippen molar-refractivity contribution in [3.05, 3.63) is 41.7 Å². The van der Waals surface area contributed by atoms with Crippen molar-refractivity contribution in [1.29, 1.82) is 0 Å². The van der Waals surface area contributed by atoms with Crippen molar-refractivity contribution in [2.24, 2.45) is 16.6 Å². The van der Waals surface area contributed by atoms with E-state index < -0.39 is 15.6 Å². The number of nitrogens with two attached hydrogens (primary N) is 1. The summed E-state index contributed by atoms with van der Waals surface area (Å²) < 4.78 is 38.2. The van der Waals surface area contributed by atoms with E-state index in [0.717, 1.165) is 17.8 Å². The second kappa shape index (κ2) is 8.86. The molecular formula is C22H31N5O4S. The van der Waals surface area contributed by atoms with Crippen LogP contribution in [0.1, 0.15) is 20.3 Å². The molecule has 1 unspecified atom stereocenters. The third-order valence-corrected chi connectivity index (χ3v) is 7.65. The molecule has 0 aromatic heterocycles. The van der Waals surface area contributed by atoms with E-state index in [1.807, 2.05) is 6.08 Å². The molecule has 10 heteroatoms. The molecular weight excluding hydrogens is 430 g/mol. The quantitative estimate of drug-likeness (QED) is 0.565. The van der Waals surface area contributed by atoms with Crippen LogP contribution in [0, 0.1) is 5.92 Å². The topological polar surface area (TPSA) is 118 Å². The highest BCUT2D eigenvalue weighted by Crippen LogP contribution is 2.34. The fourth-order valence-electron chi connectivity index (χ4n) is 4.35. The highest BCUT2D eigenvalue weighted by atomic mass is 32.2. The van der Waals surface area contributed by atoms with Crippen LogP contribution in [0.5, 0.6) is 5.75 Å². The minimum atomic E-state index is -3.62. The monoisotopic (exact) mass is 461 g/mol. The van der Waals surface area contributed by atoms with E-state index in [-0.39, 0.29) is 4.90 Å². The van der Waals surface area contributed by atoms with E-state index in [9.17, 15) is 8.42 Å². The van der Waals surface area contributed by atoms with E-state index in [2.05, 4.69) is 35.5 Å². The number of amidine groups is 1. The summed E-state index contributed by atoms with van der Waals surface area (Å²) in [6.07, 6.45) is 4.81. The summed E-state index contributed by atoms with van der Waals surface area (Å²) in [5, 5.41) is 6.60. The number of hydrogen-bond acceptors (Lipinski definition) is 8. The van der Waals surface area contributed by atoms with Gasteiger partial charge in [0.25, 0.3) is 0 Å². The number of morpholine rings is 1. The average molecular weight is 462 g/mol. The Kier molecular flexibility index (Phi) is 6.30. The van der Waals surface area contributed by atoms with E-state index in [1.165, 1.54) is 11.4 Å². The first-order valence-electron chi connectivity index (χ1n) is 10.8. The molecule has 1 aromatic rings. The van der Waals surface area contributed by atoms with Gasteiger partial charge in [-0.05, 0) is 30.5 Å². The molecule has 0 bridgehead atoms. The van der Waals surface area contributed by atoms with Gasteiger partial charge in [-0.3, -0.25) is 4.99 Å². The number of aliphatic imine (C=N–C) groups is 1. The molecule has 3 aliphatic rings. The number of hydrogen-bond donors (Lipinski definition) is 3. The fourth-order valence-corrected chi connectivity index (χ4v) is 5.78. The summed E-state index contributed by atoms with van der Waals surface area (Å²) in [5.41, 5.74) is 7.80. The second-order valence-corrected chi connectivity index (χ2v) is 10.6. The van der Waals surface area contributed by atoms with Crippen LogP contribution in [-0.4, -0.2) is 64.1 Å². The van der Waals surface area contributed by atoms with Crippen molar-refractivity contribution >= 4 is 21.5 Å². The van der Waals surface area contributed by atoms with Crippen molar-refractivity contribution in [3.63, 3.8) is 0 Å². The summed E-state index contributed by atoms with van der Waals surface area (Å²) in [6, 6.07) is 4.83. The lowest BCUT2D eigenvalue weighted by Crippen LogP contribution is -2.51. The molecule has 3 aliphatic heterocycles. The van der Waals surface area contributed by atoms with Gasteiger partial charge in [-0.25, -0.2) is 8.42 Å². The van der Waals surface area contributed by atoms with Crippen LogP contribution in [0.3, 0.4) is 0 Å². The maximum absolute atomic E-state index is 13.0. The molecule has 0 aliphatic carbocycles. The first kappa shape index (κ1) is 22.8. The van der Waals surface area contributed by atoms with Gasteiger partial charge in [-0.2, -0.15) is 4.31 Å². The molecule has 1 fully saturated rings. The van der Waals surface area contributed by atoms with Crippen molar-refractivity contribution in [2.45, 2.75) is 30.7 Å². The van der Waals surface area contributed by atoms with Gasteiger partial charge in [0.15, 0.2) is 0 Å². The van der Waals surface area contributed by atoms with Crippen molar-refractivity contribution in [3.8, 4) is 5.75 Å². The number of fused-ring (bicyclic) bond motifs is 1. The predicted molar refractivity (Wildman–Crippen MR) is 124 cm³/mol. The highest BCUT2D eigenvalue weighted by molar-refractivity contribution is 7.89. The molecule has 9 nitrogen and oxygen atoms in total. The molecule has 32 heavy (non-hydrogen) atoms. The third kappa shape index (κ3) is 4.40. The lowest BCUT2D eigenvalue weighted by atomic mass is 9.80. The lowest BCUT2D eigenvalue weighted by molar-refractivity contribution is 0.0730. The van der Waals surface area contributed by atoms with Gasteiger partial charge in [-0.1, -0.05) is 19.9 Å². The number of sulfonamides is 1. The van der Waals surface area contributed by atoms with Crippen molar-refractivity contribution < 1.29 is 17.9 Å². The van der Waals surface area contributed by atoms with Gasteiger partial charge in [-0.15, -0.1) is 0 Å². The Hall–Kier alpha value is -2.40. The van der Waals surface area contributed by atoms with E-state index in [0.29, 0.717) is 56.0 Å². The largest absolute Gasteiger partial charge is 0.495 e. The van der Waals surface area contributed by atoms with Crippen molar-refractivity contribution in [1.82, 2.24) is 9.62 Å². The van der Waals surface area contributed by atoms with E-state index in [4.69, 9.17) is 15.2 Å². The van der Waals surface area contributed by atoms with Gasteiger partial charge < -0.3 is 25.8 Å². The number of methoxy groups -OCH3 is 1. The molecule has 1 aromatic carbocycles. The molecule has 1 atom stereocenters. The minimum Gasteiger partial charge on any atom is -0.495 e. The predicted octanol–water partition coefficient (Wildman–Crippen LogP) is 1.65. The fraction of sp³-hybridized carbons (Fsp3) is 0.500. The molecule has 0 saturated carbocycles. The Balaban J connectivity index is 1.62. The normalized spacial score (nSPS) is 23.7. The zero-order valence-electron chi connectivity index (χ0n) is 18.7. The Labute approximate surface area is 189 Å². The lowest BCUT2D eigenvalue weighted by Gasteiger charge is -2.36. The summed E-state index contributed by atoms with van der Waals surface area (Å²) in [4.78, 5) is 4.70. The Morgan fingerprint density at radius 1 is 1.34 bits per heavy atom. The molecule has 3 heterocycles.